The average molecular weight is 1630 g/mol. The zero-order valence-electron chi connectivity index (χ0n) is 68.9. The highest BCUT2D eigenvalue weighted by molar-refractivity contribution is 6.70. The maximum atomic E-state index is 13.1. The number of hydrogen-bond acceptors (Lipinski definition) is 17. The predicted molar refractivity (Wildman–Crippen MR) is 495 cm³/mol. The maximum Gasteiger partial charge on any atom is 0.324 e. The number of rotatable bonds is 11. The van der Waals surface area contributed by atoms with Crippen LogP contribution in [0.2, 0.25) is 44.2 Å². The number of halogens is 1. The number of aromatic nitrogens is 2. The van der Waals surface area contributed by atoms with Crippen LogP contribution in [0.3, 0.4) is 0 Å². The number of fused-ring (bicyclic) bond motifs is 8. The third-order valence-electron chi connectivity index (χ3n) is 24.6. The summed E-state index contributed by atoms with van der Waals surface area (Å²) in [7, 11) is 4.03. The lowest BCUT2D eigenvalue weighted by atomic mass is 9.63. The quantitative estimate of drug-likeness (QED) is 0.0209. The molecule has 12 aromatic rings. The van der Waals surface area contributed by atoms with Gasteiger partial charge in [-0.1, -0.05) is 143 Å². The summed E-state index contributed by atoms with van der Waals surface area (Å²) in [6, 6.07) is 73.6. The van der Waals surface area contributed by atoms with Crippen LogP contribution in [-0.4, -0.2) is 170 Å². The van der Waals surface area contributed by atoms with Crippen molar-refractivity contribution in [3.8, 4) is 17.3 Å². The minimum absolute atomic E-state index is 0.119. The standard InChI is InChI=1S/C18H21BN2O.C16H14BNO.C16H15BO2.C14H11BN2O2.C12H16BNO2.C10H14BNO.C8H7BFNO3/c22-19-9-8-15-6-7-17(14-18(15)19)21-12-10-20(11-13-21)16-4-2-1-3-5-16;19-17-9-7-12-5-6-14(11-15(12)17)18-10-8-13-3-1-2-4-16(13)18;18-16(14-4-2-1-3-5-14)11-12-6-7-13-8-9-17(19)15(13)10-12;1-16-11-2-5-14(17-9-11)19-12-3-4-13-10(8-12)6-7-15(13)18;15-13-4-3-10-1-2-11(9-12(10)13)14-5-7-16-8-6-14;1-12(2)9-4-3-8-5-6-11(13)10(8)7-9;10-7-3-5-1-2-9(12)6(5)4-8(7)11(13)14/h1-7,14,22H,8-13H2;1-6,8,10-11,19H,7,9H2;1-7,10,19H,8-9,11H2;2-5,8-9,18H,6-7H2;1-2,9,15H,3-8H2;3-4,7,13H,5-6H2,1-2H3;3-4,12H,1-2H2. The number of piperazine rings is 1. The molecule has 11 heterocycles. The van der Waals surface area contributed by atoms with E-state index in [0.29, 0.717) is 47.5 Å². The molecule has 0 unspecified atom stereocenters. The molecule has 614 valence electrons. The Labute approximate surface area is 715 Å². The van der Waals surface area contributed by atoms with Gasteiger partial charge in [-0.15, -0.1) is 0 Å². The van der Waals surface area contributed by atoms with Crippen LogP contribution in [0, 0.1) is 22.5 Å². The summed E-state index contributed by atoms with van der Waals surface area (Å²) in [5.74, 6) is 0.456. The van der Waals surface area contributed by atoms with Gasteiger partial charge < -0.3 is 68.8 Å². The third-order valence-corrected chi connectivity index (χ3v) is 24.6. The second-order valence-electron chi connectivity index (χ2n) is 32.6. The second kappa shape index (κ2) is 39.6. The molecule has 0 amide bonds. The van der Waals surface area contributed by atoms with Crippen LogP contribution in [0.5, 0.6) is 11.6 Å². The molecular weight excluding hydrogens is 1530 g/mol. The van der Waals surface area contributed by atoms with Crippen molar-refractivity contribution in [1.82, 2.24) is 9.55 Å². The topological polar surface area (TPSA) is 255 Å². The van der Waals surface area contributed by atoms with Gasteiger partial charge in [-0.3, -0.25) is 14.9 Å². The molecule has 7 N–H and O–H groups in total. The molecule has 0 bridgehead atoms. The summed E-state index contributed by atoms with van der Waals surface area (Å²) in [6.07, 6.45) is 16.0. The van der Waals surface area contributed by atoms with Crippen molar-refractivity contribution in [2.75, 3.05) is 86.2 Å². The summed E-state index contributed by atoms with van der Waals surface area (Å²) in [4.78, 5) is 38.4. The van der Waals surface area contributed by atoms with Gasteiger partial charge in [-0.25, -0.2) is 9.83 Å². The molecule has 21 rings (SSSR count). The highest BCUT2D eigenvalue weighted by Crippen LogP contribution is 2.30. The van der Waals surface area contributed by atoms with Gasteiger partial charge in [0.2, 0.25) is 17.4 Å². The van der Waals surface area contributed by atoms with Gasteiger partial charge in [0, 0.05) is 112 Å². The number of pyridine rings is 1. The monoisotopic (exact) mass is 1630 g/mol. The number of nitro benzene ring substituents is 1. The van der Waals surface area contributed by atoms with E-state index >= 15 is 0 Å². The van der Waals surface area contributed by atoms with Gasteiger partial charge in [0.15, 0.2) is 5.78 Å². The molecule has 28 heteroatoms. The van der Waals surface area contributed by atoms with Gasteiger partial charge in [0.1, 0.15) is 5.75 Å². The summed E-state index contributed by atoms with van der Waals surface area (Å²) in [5.41, 5.74) is 24.1. The summed E-state index contributed by atoms with van der Waals surface area (Å²) < 4.78 is 26.3. The highest BCUT2D eigenvalue weighted by Gasteiger charge is 2.33. The number of nitro groups is 1. The van der Waals surface area contributed by atoms with Gasteiger partial charge in [-0.05, 0) is 253 Å². The maximum absolute atomic E-state index is 13.1. The number of benzene rings is 10. The molecule has 122 heavy (non-hydrogen) atoms. The van der Waals surface area contributed by atoms with Crippen LogP contribution in [0.4, 0.5) is 38.5 Å². The summed E-state index contributed by atoms with van der Waals surface area (Å²) >= 11 is 0. The number of anilines is 4. The summed E-state index contributed by atoms with van der Waals surface area (Å²) in [6.45, 7) is 12.1. The van der Waals surface area contributed by atoms with E-state index in [1.54, 1.807) is 12.1 Å². The highest BCUT2D eigenvalue weighted by atomic mass is 19.1. The number of ether oxygens (including phenoxy) is 2. The Morgan fingerprint density at radius 3 is 1.48 bits per heavy atom. The van der Waals surface area contributed by atoms with Crippen LogP contribution in [0.1, 0.15) is 54.9 Å². The second-order valence-corrected chi connectivity index (χ2v) is 32.6. The smallest absolute Gasteiger partial charge is 0.324 e. The number of para-hydroxylation sites is 2. The zero-order valence-corrected chi connectivity index (χ0v) is 68.9. The molecule has 0 spiro atoms. The normalized spacial score (nSPS) is 15.3. The number of morpholine rings is 1. The molecule has 9 aliphatic rings. The van der Waals surface area contributed by atoms with Crippen molar-refractivity contribution < 1.29 is 58.8 Å². The molecule has 2 saturated heterocycles. The fourth-order valence-electron chi connectivity index (χ4n) is 17.7. The average Bonchev–Trinajstić information content (AvgIpc) is 1.64. The first-order valence-electron chi connectivity index (χ1n) is 42.5. The molecule has 2 fully saturated rings. The van der Waals surface area contributed by atoms with E-state index < -0.39 is 23.3 Å². The molecule has 0 saturated carbocycles. The third kappa shape index (κ3) is 20.5. The number of ketones is 1. The van der Waals surface area contributed by atoms with Crippen LogP contribution in [0.15, 0.2) is 237 Å². The van der Waals surface area contributed by atoms with Gasteiger partial charge >= 0.3 is 54.1 Å². The first-order valence-corrected chi connectivity index (χ1v) is 42.5. The molecule has 2 aromatic heterocycles. The Morgan fingerprint density at radius 2 is 0.943 bits per heavy atom. The minimum atomic E-state index is -0.831. The number of Topliss-reactive ketones (excluding diaryl/α,β-unsaturated/α-hetero) is 1. The van der Waals surface area contributed by atoms with E-state index in [9.17, 15) is 54.5 Å². The number of carbonyl (C=O) groups excluding carboxylic acids is 1. The molecule has 9 aliphatic heterocycles. The van der Waals surface area contributed by atoms with Crippen molar-refractivity contribution in [3.63, 3.8) is 0 Å². The minimum Gasteiger partial charge on any atom is -0.446 e. The molecule has 0 radical (unpaired) electrons. The van der Waals surface area contributed by atoms with Crippen LogP contribution >= 0.6 is 0 Å². The Morgan fingerprint density at radius 1 is 0.484 bits per heavy atom. The number of hydrogen-bond donors (Lipinski definition) is 7. The number of aryl methyl sites for hydroxylation is 7. The molecule has 10 aromatic carbocycles. The lowest BCUT2D eigenvalue weighted by Crippen LogP contribution is -2.46. The van der Waals surface area contributed by atoms with Gasteiger partial charge in [0.05, 0.1) is 30.2 Å². The Balaban J connectivity index is 0.000000111. The van der Waals surface area contributed by atoms with E-state index in [2.05, 4.69) is 174 Å². The fraction of sp³-hybridized carbons (Fsp3) is 0.266. The Bertz CT molecular complexity index is 5730. The van der Waals surface area contributed by atoms with E-state index in [1.165, 1.54) is 67.7 Å². The van der Waals surface area contributed by atoms with Gasteiger partial charge in [-0.2, -0.15) is 4.39 Å². The molecule has 0 atom stereocenters. The van der Waals surface area contributed by atoms with Crippen molar-refractivity contribution >= 4 is 137 Å². The molecule has 0 aliphatic carbocycles. The van der Waals surface area contributed by atoms with Crippen molar-refractivity contribution in [2.45, 2.75) is 95.6 Å². The van der Waals surface area contributed by atoms with E-state index in [1.807, 2.05) is 80.8 Å². The van der Waals surface area contributed by atoms with Crippen LogP contribution < -0.4 is 62.6 Å². The van der Waals surface area contributed by atoms with Gasteiger partial charge in [0.25, 0.3) is 0 Å². The van der Waals surface area contributed by atoms with Crippen LogP contribution in [0.25, 0.3) is 21.4 Å². The molecule has 20 nitrogen and oxygen atoms in total. The zero-order chi connectivity index (χ0) is 84.9. The molecular formula is C94H98B7FN8O12. The first-order chi connectivity index (χ1) is 59.2. The summed E-state index contributed by atoms with van der Waals surface area (Å²) in [5, 5.41) is 80.3. The van der Waals surface area contributed by atoms with E-state index in [4.69, 9.17) is 16.0 Å². The van der Waals surface area contributed by atoms with Crippen molar-refractivity contribution in [2.24, 2.45) is 0 Å². The lowest BCUT2D eigenvalue weighted by Gasteiger charge is -2.37. The first kappa shape index (κ1) is 85.5. The SMILES string of the molecule is CN(C)c1ccc2c(c1)B(O)CC2.O=C(Cc1ccc2c(c1)B(O)CC2)c1ccccc1.O=[N+]([O-])c1cc2c(cc1F)CCB2O.OB1CCc2ccc(-n3ccc4ccccc43)cc21.OB1CCc2ccc(N3CCN(c4ccccc4)CC3)cc21.OB1CCc2ccc(N3CCOCC3)cc21.[C-]#[N+]c1ccc(Oc2ccc3c(c2)CCB3O)nc1. The van der Waals surface area contributed by atoms with Crippen molar-refractivity contribution in [1.29, 1.82) is 0 Å². The largest absolute Gasteiger partial charge is 0.446 e. The lowest BCUT2D eigenvalue weighted by molar-refractivity contribution is -0.387. The Hall–Kier alpha value is -11.5. The number of carbonyl (C=O) groups is 1. The van der Waals surface area contributed by atoms with Crippen molar-refractivity contribution in [3.05, 3.63) is 314 Å². The van der Waals surface area contributed by atoms with E-state index in [-0.39, 0.29) is 47.3 Å². The fourth-order valence-corrected chi connectivity index (χ4v) is 17.7. The number of nitrogens with zero attached hydrogens (tertiary/aromatic N) is 8. The van der Waals surface area contributed by atoms with Crippen LogP contribution in [-0.2, 0) is 56.1 Å². The predicted octanol–water partition coefficient (Wildman–Crippen LogP) is 9.42. The van der Waals surface area contributed by atoms with E-state index in [0.717, 1.165) is 196 Å². The Kier molecular flexibility index (Phi) is 27.7.